The molecule has 19 heavy (non-hydrogen) atoms. The Labute approximate surface area is 114 Å². The van der Waals surface area contributed by atoms with Gasteiger partial charge >= 0.3 is 0 Å². The fourth-order valence-corrected chi connectivity index (χ4v) is 2.96. The number of likely N-dealkylation sites (N-methyl/N-ethyl adjacent to an activating group) is 1. The van der Waals surface area contributed by atoms with Crippen LogP contribution in [0.25, 0.3) is 0 Å². The Morgan fingerprint density at radius 3 is 2.95 bits per heavy atom. The van der Waals surface area contributed by atoms with Crippen LogP contribution in [0.3, 0.4) is 0 Å². The highest BCUT2D eigenvalue weighted by Gasteiger charge is 2.36. The summed E-state index contributed by atoms with van der Waals surface area (Å²) in [6, 6.07) is 0.530. The number of nitrogens with one attached hydrogen (secondary N) is 2. The average Bonchev–Trinajstić information content (AvgIpc) is 3.01. The molecule has 2 heterocycles. The number of hydrogen-bond acceptors (Lipinski definition) is 6. The smallest absolute Gasteiger partial charge is 0.196 e. The second-order valence-electron chi connectivity index (χ2n) is 6.03. The maximum Gasteiger partial charge on any atom is 0.196 e. The van der Waals surface area contributed by atoms with E-state index >= 15 is 0 Å². The van der Waals surface area contributed by atoms with E-state index in [4.69, 9.17) is 11.5 Å². The molecule has 2 atom stereocenters. The van der Waals surface area contributed by atoms with E-state index in [1.54, 1.807) is 0 Å². The molecule has 2 fully saturated rings. The van der Waals surface area contributed by atoms with E-state index in [-0.39, 0.29) is 0 Å². The highest BCUT2D eigenvalue weighted by molar-refractivity contribution is 5.81. The van der Waals surface area contributed by atoms with Crippen LogP contribution >= 0.6 is 0 Å². The van der Waals surface area contributed by atoms with Crippen molar-refractivity contribution >= 4 is 5.96 Å². The maximum absolute atomic E-state index is 6.42. The zero-order valence-electron chi connectivity index (χ0n) is 11.5. The minimum Gasteiger partial charge on any atom is -0.370 e. The molecule has 106 valence electrons. The third-order valence-corrected chi connectivity index (χ3v) is 4.23. The molecule has 0 spiro atoms. The second-order valence-corrected chi connectivity index (χ2v) is 6.03. The Balaban J connectivity index is 1.74. The summed E-state index contributed by atoms with van der Waals surface area (Å²) in [7, 11) is 2.00. The number of nitrogens with zero attached hydrogens (tertiary/aromatic N) is 2. The number of likely N-dealkylation sites (tertiary alicyclic amines) is 1. The summed E-state index contributed by atoms with van der Waals surface area (Å²) in [5.41, 5.74) is 11.8. The van der Waals surface area contributed by atoms with Crippen molar-refractivity contribution in [1.82, 2.24) is 15.5 Å². The molecule has 1 unspecified atom stereocenters. The molecule has 6 nitrogen and oxygen atoms in total. The number of rotatable bonds is 4. The van der Waals surface area contributed by atoms with Crippen LogP contribution in [0.4, 0.5) is 0 Å². The molecule has 0 bridgehead atoms. The zero-order chi connectivity index (χ0) is 13.5. The van der Waals surface area contributed by atoms with E-state index in [1.807, 2.05) is 7.05 Å². The SMILES string of the molecule is CN[C@@H]1CCN(C2=CC(N)(CC3CC3)NC(N)=N2)C1. The molecule has 1 saturated carbocycles. The number of hydrogen-bond donors (Lipinski definition) is 4. The van der Waals surface area contributed by atoms with Gasteiger partial charge in [-0.25, -0.2) is 0 Å². The molecule has 1 aliphatic carbocycles. The van der Waals surface area contributed by atoms with Gasteiger partial charge in [-0.2, -0.15) is 4.99 Å². The summed E-state index contributed by atoms with van der Waals surface area (Å²) in [6.07, 6.45) is 6.70. The number of aliphatic imine (C=N–C) groups is 1. The number of guanidine groups is 1. The standard InChI is InChI=1S/C13H24N6/c1-16-10-4-5-19(8-10)11-7-13(15,6-9-2-3-9)18-12(14)17-11/h7,9-10,16H,2-6,8,15H2,1H3,(H3,14,17,18)/t10-,13?/m1/s1. The zero-order valence-corrected chi connectivity index (χ0v) is 11.5. The van der Waals surface area contributed by atoms with Crippen molar-refractivity contribution in [2.24, 2.45) is 22.4 Å². The monoisotopic (exact) mass is 264 g/mol. The van der Waals surface area contributed by atoms with Crippen LogP contribution in [-0.4, -0.2) is 42.7 Å². The Bertz CT molecular complexity index is 413. The third-order valence-electron chi connectivity index (χ3n) is 4.23. The molecular weight excluding hydrogens is 240 g/mol. The van der Waals surface area contributed by atoms with Crippen molar-refractivity contribution in [3.8, 4) is 0 Å². The first-order valence-corrected chi connectivity index (χ1v) is 7.14. The molecule has 0 aromatic heterocycles. The molecule has 0 amide bonds. The number of nitrogens with two attached hydrogens (primary N) is 2. The normalized spacial score (nSPS) is 34.8. The van der Waals surface area contributed by atoms with Crippen molar-refractivity contribution in [3.05, 3.63) is 11.9 Å². The van der Waals surface area contributed by atoms with E-state index in [0.29, 0.717) is 12.0 Å². The summed E-state index contributed by atoms with van der Waals surface area (Å²) in [5.74, 6) is 2.11. The fraction of sp³-hybridized carbons (Fsp3) is 0.769. The summed E-state index contributed by atoms with van der Waals surface area (Å²) >= 11 is 0. The van der Waals surface area contributed by atoms with Gasteiger partial charge in [0.25, 0.3) is 0 Å². The summed E-state index contributed by atoms with van der Waals surface area (Å²) in [6.45, 7) is 1.98. The predicted octanol–water partition coefficient (Wildman–Crippen LogP) is -0.505. The molecule has 2 aliphatic heterocycles. The van der Waals surface area contributed by atoms with Gasteiger partial charge in [0.2, 0.25) is 0 Å². The van der Waals surface area contributed by atoms with Crippen molar-refractivity contribution in [3.63, 3.8) is 0 Å². The molecule has 0 aromatic rings. The van der Waals surface area contributed by atoms with Gasteiger partial charge in [-0.15, -0.1) is 0 Å². The lowest BCUT2D eigenvalue weighted by molar-refractivity contribution is 0.365. The Hall–Kier alpha value is -1.27. The molecule has 0 radical (unpaired) electrons. The van der Waals surface area contributed by atoms with E-state index in [2.05, 4.69) is 26.6 Å². The van der Waals surface area contributed by atoms with Gasteiger partial charge in [0.05, 0.1) is 0 Å². The second kappa shape index (κ2) is 4.68. The molecular formula is C13H24N6. The topological polar surface area (TPSA) is 91.7 Å². The Morgan fingerprint density at radius 1 is 1.53 bits per heavy atom. The Kier molecular flexibility index (Phi) is 3.14. The fourth-order valence-electron chi connectivity index (χ4n) is 2.96. The lowest BCUT2D eigenvalue weighted by Gasteiger charge is -2.34. The highest BCUT2D eigenvalue weighted by atomic mass is 15.3. The minimum atomic E-state index is -0.528. The predicted molar refractivity (Wildman–Crippen MR) is 76.1 cm³/mol. The molecule has 3 rings (SSSR count). The maximum atomic E-state index is 6.42. The van der Waals surface area contributed by atoms with Gasteiger partial charge in [0, 0.05) is 19.1 Å². The van der Waals surface area contributed by atoms with Gasteiger partial charge in [-0.05, 0) is 31.9 Å². The lowest BCUT2D eigenvalue weighted by Crippen LogP contribution is -2.59. The van der Waals surface area contributed by atoms with E-state index in [9.17, 15) is 0 Å². The van der Waals surface area contributed by atoms with Crippen molar-refractivity contribution in [2.75, 3.05) is 20.1 Å². The van der Waals surface area contributed by atoms with E-state index < -0.39 is 5.66 Å². The van der Waals surface area contributed by atoms with Crippen LogP contribution in [0, 0.1) is 5.92 Å². The summed E-state index contributed by atoms with van der Waals surface area (Å²) in [4.78, 5) is 6.69. The molecule has 6 N–H and O–H groups in total. The van der Waals surface area contributed by atoms with Gasteiger partial charge in [0.1, 0.15) is 11.5 Å². The van der Waals surface area contributed by atoms with Gasteiger partial charge in [-0.1, -0.05) is 12.8 Å². The van der Waals surface area contributed by atoms with Gasteiger partial charge in [0.15, 0.2) is 5.96 Å². The molecule has 6 heteroatoms. The van der Waals surface area contributed by atoms with Crippen molar-refractivity contribution in [2.45, 2.75) is 37.4 Å². The van der Waals surface area contributed by atoms with Crippen LogP contribution in [0.2, 0.25) is 0 Å². The average molecular weight is 264 g/mol. The molecule has 0 aromatic carbocycles. The lowest BCUT2D eigenvalue weighted by atomic mass is 10.0. The first-order valence-electron chi connectivity index (χ1n) is 7.14. The van der Waals surface area contributed by atoms with E-state index in [0.717, 1.165) is 37.7 Å². The first kappa shape index (κ1) is 12.7. The first-order chi connectivity index (χ1) is 9.08. The van der Waals surface area contributed by atoms with E-state index in [1.165, 1.54) is 12.8 Å². The van der Waals surface area contributed by atoms with Gasteiger partial charge in [-0.3, -0.25) is 0 Å². The van der Waals surface area contributed by atoms with Crippen molar-refractivity contribution < 1.29 is 0 Å². The van der Waals surface area contributed by atoms with Crippen LogP contribution in [0.1, 0.15) is 25.7 Å². The highest BCUT2D eigenvalue weighted by Crippen LogP contribution is 2.36. The summed E-state index contributed by atoms with van der Waals surface area (Å²) < 4.78 is 0. The largest absolute Gasteiger partial charge is 0.370 e. The summed E-state index contributed by atoms with van der Waals surface area (Å²) in [5, 5.41) is 6.44. The quantitative estimate of drug-likeness (QED) is 0.549. The van der Waals surface area contributed by atoms with Crippen LogP contribution in [0.15, 0.2) is 16.9 Å². The Morgan fingerprint density at radius 2 is 2.32 bits per heavy atom. The van der Waals surface area contributed by atoms with Crippen LogP contribution in [0.5, 0.6) is 0 Å². The van der Waals surface area contributed by atoms with Crippen LogP contribution in [-0.2, 0) is 0 Å². The molecule has 3 aliphatic rings. The minimum absolute atomic E-state index is 0.438. The van der Waals surface area contributed by atoms with Crippen molar-refractivity contribution in [1.29, 1.82) is 0 Å². The van der Waals surface area contributed by atoms with Gasteiger partial charge < -0.3 is 27.0 Å². The molecule has 1 saturated heterocycles. The third kappa shape index (κ3) is 2.84. The van der Waals surface area contributed by atoms with Crippen LogP contribution < -0.4 is 22.1 Å².